The molecule has 0 aromatic heterocycles. The predicted octanol–water partition coefficient (Wildman–Crippen LogP) is 1.95. The molecule has 1 aromatic carbocycles. The van der Waals surface area contributed by atoms with Crippen LogP contribution in [-0.4, -0.2) is 32.6 Å². The van der Waals surface area contributed by atoms with Gasteiger partial charge >= 0.3 is 11.8 Å². The minimum atomic E-state index is -0.696. The van der Waals surface area contributed by atoms with Crippen molar-refractivity contribution in [2.45, 2.75) is 26.2 Å². The molecule has 1 rings (SSSR count). The largest absolute Gasteiger partial charge is 0.493 e. The third-order valence-corrected chi connectivity index (χ3v) is 2.91. The molecule has 0 fully saturated rings. The molecular formula is C15H22N2O4. The lowest BCUT2D eigenvalue weighted by Gasteiger charge is -2.10. The number of rotatable bonds is 7. The minimum absolute atomic E-state index is 0.473. The average Bonchev–Trinajstić information content (AvgIpc) is 2.51. The smallest absolute Gasteiger partial charge is 0.313 e. The van der Waals surface area contributed by atoms with Gasteiger partial charge in [-0.2, -0.15) is 0 Å². The van der Waals surface area contributed by atoms with Gasteiger partial charge in [0.2, 0.25) is 0 Å². The molecule has 0 aliphatic heterocycles. The second-order valence-electron chi connectivity index (χ2n) is 4.49. The van der Waals surface area contributed by atoms with Crippen LogP contribution in [-0.2, 0) is 9.59 Å². The summed E-state index contributed by atoms with van der Waals surface area (Å²) in [5.74, 6) is -0.294. The number of carbonyl (C=O) groups is 2. The van der Waals surface area contributed by atoms with E-state index in [0.717, 1.165) is 19.3 Å². The first-order chi connectivity index (χ1) is 10.1. The van der Waals surface area contributed by atoms with Crippen LogP contribution in [0, 0.1) is 0 Å². The first-order valence-corrected chi connectivity index (χ1v) is 6.93. The van der Waals surface area contributed by atoms with Crippen molar-refractivity contribution in [3.8, 4) is 11.5 Å². The molecular weight excluding hydrogens is 272 g/mol. The summed E-state index contributed by atoms with van der Waals surface area (Å²) < 4.78 is 10.2. The molecule has 1 aromatic rings. The lowest BCUT2D eigenvalue weighted by atomic mass is 10.2. The standard InChI is InChI=1S/C15H22N2O4/c1-4-5-6-9-16-14(18)15(19)17-11-7-8-12(20-2)13(10-11)21-3/h7-8,10H,4-6,9H2,1-3H3,(H,16,18)(H,17,19). The van der Waals surface area contributed by atoms with Crippen molar-refractivity contribution in [2.75, 3.05) is 26.1 Å². The third-order valence-electron chi connectivity index (χ3n) is 2.91. The van der Waals surface area contributed by atoms with Crippen molar-refractivity contribution in [1.29, 1.82) is 0 Å². The second kappa shape index (κ2) is 8.84. The maximum Gasteiger partial charge on any atom is 0.313 e. The molecule has 0 atom stereocenters. The second-order valence-corrected chi connectivity index (χ2v) is 4.49. The first-order valence-electron chi connectivity index (χ1n) is 6.93. The van der Waals surface area contributed by atoms with Crippen molar-refractivity contribution in [2.24, 2.45) is 0 Å². The molecule has 116 valence electrons. The van der Waals surface area contributed by atoms with Gasteiger partial charge in [0, 0.05) is 18.3 Å². The van der Waals surface area contributed by atoms with Crippen LogP contribution in [0.4, 0.5) is 5.69 Å². The van der Waals surface area contributed by atoms with Crippen LogP contribution < -0.4 is 20.1 Å². The Hall–Kier alpha value is -2.24. The van der Waals surface area contributed by atoms with Gasteiger partial charge in [-0.05, 0) is 18.6 Å². The maximum atomic E-state index is 11.7. The number of anilines is 1. The Morgan fingerprint density at radius 3 is 2.38 bits per heavy atom. The van der Waals surface area contributed by atoms with E-state index >= 15 is 0 Å². The lowest BCUT2D eigenvalue weighted by molar-refractivity contribution is -0.136. The molecule has 6 heteroatoms. The summed E-state index contributed by atoms with van der Waals surface area (Å²) in [5.41, 5.74) is 0.473. The summed E-state index contributed by atoms with van der Waals surface area (Å²) in [4.78, 5) is 23.3. The monoisotopic (exact) mass is 294 g/mol. The summed E-state index contributed by atoms with van der Waals surface area (Å²) in [6, 6.07) is 4.90. The summed E-state index contributed by atoms with van der Waals surface area (Å²) in [7, 11) is 3.03. The predicted molar refractivity (Wildman–Crippen MR) is 80.7 cm³/mol. The van der Waals surface area contributed by atoms with Crippen LogP contribution in [0.5, 0.6) is 11.5 Å². The van der Waals surface area contributed by atoms with E-state index in [1.807, 2.05) is 0 Å². The highest BCUT2D eigenvalue weighted by molar-refractivity contribution is 6.39. The minimum Gasteiger partial charge on any atom is -0.493 e. The van der Waals surface area contributed by atoms with E-state index in [1.54, 1.807) is 18.2 Å². The number of amides is 2. The fourth-order valence-electron chi connectivity index (χ4n) is 1.76. The Bertz CT molecular complexity index is 489. The Balaban J connectivity index is 2.56. The number of hydrogen-bond acceptors (Lipinski definition) is 4. The zero-order chi connectivity index (χ0) is 15.7. The number of carbonyl (C=O) groups excluding carboxylic acids is 2. The van der Waals surface area contributed by atoms with E-state index in [0.29, 0.717) is 23.7 Å². The van der Waals surface area contributed by atoms with Crippen LogP contribution in [0.1, 0.15) is 26.2 Å². The van der Waals surface area contributed by atoms with E-state index in [4.69, 9.17) is 9.47 Å². The van der Waals surface area contributed by atoms with Crippen LogP contribution >= 0.6 is 0 Å². The van der Waals surface area contributed by atoms with Crippen LogP contribution in [0.2, 0.25) is 0 Å². The van der Waals surface area contributed by atoms with Gasteiger partial charge in [-0.3, -0.25) is 9.59 Å². The average molecular weight is 294 g/mol. The van der Waals surface area contributed by atoms with Crippen molar-refractivity contribution in [3.05, 3.63) is 18.2 Å². The molecule has 0 unspecified atom stereocenters. The van der Waals surface area contributed by atoms with E-state index in [9.17, 15) is 9.59 Å². The van der Waals surface area contributed by atoms with Gasteiger partial charge in [-0.25, -0.2) is 0 Å². The van der Waals surface area contributed by atoms with Crippen LogP contribution in [0.3, 0.4) is 0 Å². The van der Waals surface area contributed by atoms with Crippen LogP contribution in [0.25, 0.3) is 0 Å². The van der Waals surface area contributed by atoms with Gasteiger partial charge in [0.05, 0.1) is 14.2 Å². The van der Waals surface area contributed by atoms with E-state index in [1.165, 1.54) is 14.2 Å². The molecule has 0 bridgehead atoms. The lowest BCUT2D eigenvalue weighted by Crippen LogP contribution is -2.35. The molecule has 0 spiro atoms. The molecule has 0 aliphatic carbocycles. The molecule has 6 nitrogen and oxygen atoms in total. The number of hydrogen-bond donors (Lipinski definition) is 2. The number of ether oxygens (including phenoxy) is 2. The molecule has 21 heavy (non-hydrogen) atoms. The number of unbranched alkanes of at least 4 members (excludes halogenated alkanes) is 2. The van der Waals surface area contributed by atoms with Crippen LogP contribution in [0.15, 0.2) is 18.2 Å². The highest BCUT2D eigenvalue weighted by Gasteiger charge is 2.14. The molecule has 0 saturated heterocycles. The zero-order valence-electron chi connectivity index (χ0n) is 12.7. The van der Waals surface area contributed by atoms with Gasteiger partial charge in [0.1, 0.15) is 0 Å². The van der Waals surface area contributed by atoms with E-state index in [-0.39, 0.29) is 0 Å². The van der Waals surface area contributed by atoms with Gasteiger partial charge in [-0.1, -0.05) is 19.8 Å². The Kier molecular flexibility index (Phi) is 7.08. The molecule has 0 heterocycles. The Labute approximate surface area is 124 Å². The zero-order valence-corrected chi connectivity index (χ0v) is 12.7. The molecule has 0 saturated carbocycles. The van der Waals surface area contributed by atoms with Gasteiger partial charge in [0.15, 0.2) is 11.5 Å². The summed E-state index contributed by atoms with van der Waals surface area (Å²) in [6.45, 7) is 2.58. The quantitative estimate of drug-likeness (QED) is 0.595. The highest BCUT2D eigenvalue weighted by Crippen LogP contribution is 2.29. The summed E-state index contributed by atoms with van der Waals surface area (Å²) >= 11 is 0. The molecule has 2 amide bonds. The summed E-state index contributed by atoms with van der Waals surface area (Å²) in [6.07, 6.45) is 2.96. The van der Waals surface area contributed by atoms with Gasteiger partial charge in [0.25, 0.3) is 0 Å². The third kappa shape index (κ3) is 5.33. The molecule has 0 radical (unpaired) electrons. The van der Waals surface area contributed by atoms with E-state index < -0.39 is 11.8 Å². The van der Waals surface area contributed by atoms with Crippen molar-refractivity contribution >= 4 is 17.5 Å². The maximum absolute atomic E-state index is 11.7. The fraction of sp³-hybridized carbons (Fsp3) is 0.467. The van der Waals surface area contributed by atoms with E-state index in [2.05, 4.69) is 17.6 Å². The SMILES string of the molecule is CCCCCNC(=O)C(=O)Nc1ccc(OC)c(OC)c1. The summed E-state index contributed by atoms with van der Waals surface area (Å²) in [5, 5.41) is 5.10. The molecule has 0 aliphatic rings. The molecule has 2 N–H and O–H groups in total. The van der Waals surface area contributed by atoms with Crippen molar-refractivity contribution in [3.63, 3.8) is 0 Å². The highest BCUT2D eigenvalue weighted by atomic mass is 16.5. The number of nitrogens with one attached hydrogen (secondary N) is 2. The fourth-order valence-corrected chi connectivity index (χ4v) is 1.76. The van der Waals surface area contributed by atoms with Gasteiger partial charge in [-0.15, -0.1) is 0 Å². The van der Waals surface area contributed by atoms with Crippen molar-refractivity contribution < 1.29 is 19.1 Å². The number of benzene rings is 1. The topological polar surface area (TPSA) is 76.7 Å². The number of methoxy groups -OCH3 is 2. The Morgan fingerprint density at radius 2 is 1.76 bits per heavy atom. The normalized spacial score (nSPS) is 9.86. The Morgan fingerprint density at radius 1 is 1.05 bits per heavy atom. The first kappa shape index (κ1) is 16.8. The van der Waals surface area contributed by atoms with Gasteiger partial charge < -0.3 is 20.1 Å². The van der Waals surface area contributed by atoms with Crippen molar-refractivity contribution in [1.82, 2.24) is 5.32 Å².